The third-order valence-electron chi connectivity index (χ3n) is 3.39. The maximum Gasteiger partial charge on any atom is 0.250 e. The summed E-state index contributed by atoms with van der Waals surface area (Å²) in [6.07, 6.45) is 0.595. The van der Waals surface area contributed by atoms with Crippen molar-refractivity contribution in [2.45, 2.75) is 39.3 Å². The van der Waals surface area contributed by atoms with Crippen molar-refractivity contribution in [1.29, 1.82) is 0 Å². The molecule has 1 aliphatic heterocycles. The molecule has 1 N–H and O–H groups in total. The van der Waals surface area contributed by atoms with E-state index in [1.165, 1.54) is 0 Å². The Balaban J connectivity index is 2.45. The van der Waals surface area contributed by atoms with Gasteiger partial charge in [0.15, 0.2) is 0 Å². The maximum atomic E-state index is 12.4. The van der Waals surface area contributed by atoms with Crippen LogP contribution >= 0.6 is 15.9 Å². The second kappa shape index (κ2) is 5.33. The van der Waals surface area contributed by atoms with Crippen LogP contribution in [0.15, 0.2) is 22.7 Å². The van der Waals surface area contributed by atoms with Crippen LogP contribution in [-0.2, 0) is 9.59 Å². The van der Waals surface area contributed by atoms with Gasteiger partial charge in [0.05, 0.1) is 5.69 Å². The average molecular weight is 325 g/mol. The summed E-state index contributed by atoms with van der Waals surface area (Å²) in [4.78, 5) is 26.0. The number of amides is 2. The summed E-state index contributed by atoms with van der Waals surface area (Å²) in [7, 11) is 0. The number of nitrogens with zero attached hydrogens (tertiary/aromatic N) is 1. The first-order valence-corrected chi connectivity index (χ1v) is 7.14. The number of hydrogen-bond donors (Lipinski definition) is 1. The quantitative estimate of drug-likeness (QED) is 0.908. The van der Waals surface area contributed by atoms with Crippen LogP contribution in [0.4, 0.5) is 5.69 Å². The zero-order valence-corrected chi connectivity index (χ0v) is 12.8. The van der Waals surface area contributed by atoms with Crippen molar-refractivity contribution in [3.63, 3.8) is 0 Å². The van der Waals surface area contributed by atoms with Gasteiger partial charge in [0.2, 0.25) is 11.8 Å². The second-order valence-corrected chi connectivity index (χ2v) is 5.66. The van der Waals surface area contributed by atoms with E-state index in [0.717, 1.165) is 15.7 Å². The molecule has 102 valence electrons. The molecule has 0 aromatic heterocycles. The zero-order valence-electron chi connectivity index (χ0n) is 11.2. The lowest BCUT2D eigenvalue weighted by molar-refractivity contribution is -0.133. The van der Waals surface area contributed by atoms with Gasteiger partial charge in [0.25, 0.3) is 0 Å². The van der Waals surface area contributed by atoms with Gasteiger partial charge in [-0.25, -0.2) is 0 Å². The number of hydrogen-bond acceptors (Lipinski definition) is 2. The van der Waals surface area contributed by atoms with Crippen molar-refractivity contribution in [1.82, 2.24) is 5.32 Å². The highest BCUT2D eigenvalue weighted by Gasteiger charge is 2.38. The number of anilines is 1. The smallest absolute Gasteiger partial charge is 0.250 e. The van der Waals surface area contributed by atoms with Gasteiger partial charge in [0, 0.05) is 4.47 Å². The molecule has 0 bridgehead atoms. The molecule has 2 rings (SSSR count). The second-order valence-electron chi connectivity index (χ2n) is 4.81. The lowest BCUT2D eigenvalue weighted by Gasteiger charge is -2.37. The van der Waals surface area contributed by atoms with Crippen molar-refractivity contribution < 1.29 is 9.59 Å². The molecule has 0 radical (unpaired) electrons. The first-order valence-electron chi connectivity index (χ1n) is 6.35. The molecular weight excluding hydrogens is 308 g/mol. The van der Waals surface area contributed by atoms with Crippen molar-refractivity contribution in [2.24, 2.45) is 0 Å². The van der Waals surface area contributed by atoms with Gasteiger partial charge in [-0.2, -0.15) is 0 Å². The largest absolute Gasteiger partial charge is 0.343 e. The van der Waals surface area contributed by atoms with E-state index in [1.54, 1.807) is 11.8 Å². The third-order valence-corrected chi connectivity index (χ3v) is 4.02. The average Bonchev–Trinajstić information content (AvgIpc) is 2.36. The van der Waals surface area contributed by atoms with Crippen molar-refractivity contribution in [3.05, 3.63) is 28.2 Å². The van der Waals surface area contributed by atoms with E-state index in [9.17, 15) is 9.59 Å². The molecule has 0 aliphatic carbocycles. The summed E-state index contributed by atoms with van der Waals surface area (Å²) in [5, 5.41) is 2.75. The molecule has 0 saturated carbocycles. The number of halogens is 1. The number of piperazine rings is 1. The van der Waals surface area contributed by atoms with Crippen molar-refractivity contribution in [2.75, 3.05) is 4.90 Å². The number of rotatable bonds is 2. The highest BCUT2D eigenvalue weighted by molar-refractivity contribution is 9.10. The predicted octanol–water partition coefficient (Wildman–Crippen LogP) is 2.39. The van der Waals surface area contributed by atoms with Crippen LogP contribution in [0.1, 0.15) is 25.8 Å². The SMILES string of the molecule is CCC1NC(=O)C(C)N(c2ccc(C)cc2Br)C1=O. The summed E-state index contributed by atoms with van der Waals surface area (Å²) >= 11 is 3.47. The van der Waals surface area contributed by atoms with Gasteiger partial charge in [0.1, 0.15) is 12.1 Å². The molecule has 2 amide bonds. The number of carbonyl (C=O) groups is 2. The summed E-state index contributed by atoms with van der Waals surface area (Å²) in [6.45, 7) is 5.62. The van der Waals surface area contributed by atoms with Crippen LogP contribution in [0.3, 0.4) is 0 Å². The number of benzene rings is 1. The molecule has 0 spiro atoms. The lowest BCUT2D eigenvalue weighted by Crippen LogP contribution is -2.62. The number of aryl methyl sites for hydroxylation is 1. The van der Waals surface area contributed by atoms with Gasteiger partial charge in [-0.1, -0.05) is 13.0 Å². The van der Waals surface area contributed by atoms with Crippen LogP contribution in [0.25, 0.3) is 0 Å². The monoisotopic (exact) mass is 324 g/mol. The Bertz CT molecular complexity index is 530. The van der Waals surface area contributed by atoms with E-state index >= 15 is 0 Å². The van der Waals surface area contributed by atoms with Gasteiger partial charge in [-0.15, -0.1) is 0 Å². The molecule has 5 heteroatoms. The predicted molar refractivity (Wildman–Crippen MR) is 78.0 cm³/mol. The van der Waals surface area contributed by atoms with Gasteiger partial charge >= 0.3 is 0 Å². The fourth-order valence-electron chi connectivity index (χ4n) is 2.24. The Morgan fingerprint density at radius 3 is 2.63 bits per heavy atom. The van der Waals surface area contributed by atoms with Crippen LogP contribution in [0.5, 0.6) is 0 Å². The van der Waals surface area contributed by atoms with Gasteiger partial charge in [-0.05, 0) is 53.9 Å². The van der Waals surface area contributed by atoms with E-state index in [2.05, 4.69) is 21.2 Å². The third kappa shape index (κ3) is 2.52. The first kappa shape index (κ1) is 14.1. The topological polar surface area (TPSA) is 49.4 Å². The molecule has 1 saturated heterocycles. The molecule has 4 nitrogen and oxygen atoms in total. The van der Waals surface area contributed by atoms with Crippen molar-refractivity contribution >= 4 is 33.4 Å². The van der Waals surface area contributed by atoms with E-state index in [4.69, 9.17) is 0 Å². The molecular formula is C14H17BrN2O2. The molecule has 19 heavy (non-hydrogen) atoms. The van der Waals surface area contributed by atoms with Crippen LogP contribution in [-0.4, -0.2) is 23.9 Å². The zero-order chi connectivity index (χ0) is 14.2. The Hall–Kier alpha value is -1.36. The highest BCUT2D eigenvalue weighted by Crippen LogP contribution is 2.30. The first-order chi connectivity index (χ1) is 8.95. The summed E-state index contributed by atoms with van der Waals surface area (Å²) < 4.78 is 0.831. The minimum atomic E-state index is -0.491. The van der Waals surface area contributed by atoms with Crippen LogP contribution in [0, 0.1) is 6.92 Å². The molecule has 1 aliphatic rings. The number of nitrogens with one attached hydrogen (secondary N) is 1. The summed E-state index contributed by atoms with van der Waals surface area (Å²) in [6, 6.07) is 4.83. The Morgan fingerprint density at radius 1 is 1.37 bits per heavy atom. The fraction of sp³-hybridized carbons (Fsp3) is 0.429. The molecule has 1 heterocycles. The minimum Gasteiger partial charge on any atom is -0.343 e. The molecule has 2 atom stereocenters. The minimum absolute atomic E-state index is 0.0563. The van der Waals surface area contributed by atoms with Crippen LogP contribution < -0.4 is 10.2 Å². The van der Waals surface area contributed by atoms with E-state index < -0.39 is 12.1 Å². The van der Waals surface area contributed by atoms with E-state index in [-0.39, 0.29) is 11.8 Å². The normalized spacial score (nSPS) is 23.5. The molecule has 2 unspecified atom stereocenters. The van der Waals surface area contributed by atoms with E-state index in [0.29, 0.717) is 6.42 Å². The standard InChI is InChI=1S/C14H17BrN2O2/c1-4-11-14(19)17(9(3)13(18)16-11)12-6-5-8(2)7-10(12)15/h5-7,9,11H,4H2,1-3H3,(H,16,18). The highest BCUT2D eigenvalue weighted by atomic mass is 79.9. The Kier molecular flexibility index (Phi) is 3.94. The maximum absolute atomic E-state index is 12.4. The molecule has 1 fully saturated rings. The fourth-order valence-corrected chi connectivity index (χ4v) is 2.93. The van der Waals surface area contributed by atoms with Crippen molar-refractivity contribution in [3.8, 4) is 0 Å². The molecule has 1 aromatic carbocycles. The molecule has 1 aromatic rings. The van der Waals surface area contributed by atoms with Gasteiger partial charge in [-0.3, -0.25) is 14.5 Å². The number of carbonyl (C=O) groups excluding carboxylic acids is 2. The summed E-state index contributed by atoms with van der Waals surface area (Å²) in [5.41, 5.74) is 1.85. The lowest BCUT2D eigenvalue weighted by atomic mass is 10.0. The Morgan fingerprint density at radius 2 is 2.05 bits per heavy atom. The van der Waals surface area contributed by atoms with Crippen LogP contribution in [0.2, 0.25) is 0 Å². The summed E-state index contributed by atoms with van der Waals surface area (Å²) in [5.74, 6) is -0.168. The van der Waals surface area contributed by atoms with Gasteiger partial charge < -0.3 is 5.32 Å². The van der Waals surface area contributed by atoms with E-state index in [1.807, 2.05) is 32.0 Å². The Labute approximate surface area is 121 Å².